The fourth-order valence-corrected chi connectivity index (χ4v) is 3.41. The molecule has 0 heterocycles. The summed E-state index contributed by atoms with van der Waals surface area (Å²) in [7, 11) is 0. The molecule has 0 aliphatic heterocycles. The average Bonchev–Trinajstić information content (AvgIpc) is 3.24. The Labute approximate surface area is 117 Å². The summed E-state index contributed by atoms with van der Waals surface area (Å²) in [6.07, 6.45) is 3.99. The highest BCUT2D eigenvalue weighted by atomic mass is 14.6. The Morgan fingerprint density at radius 1 is 1.00 bits per heavy atom. The molecule has 1 fully saturated rings. The molecule has 0 N–H and O–H groups in total. The van der Waals surface area contributed by atoms with E-state index in [1.54, 1.807) is 5.56 Å². The molecule has 2 atom stereocenters. The van der Waals surface area contributed by atoms with Crippen LogP contribution in [-0.2, 0) is 5.41 Å². The number of hydrogen-bond acceptors (Lipinski definition) is 0. The molecule has 0 heteroatoms. The molecule has 0 radical (unpaired) electrons. The monoisotopic (exact) mass is 254 g/mol. The lowest BCUT2D eigenvalue weighted by Gasteiger charge is -2.16. The Bertz CT molecular complexity index is 540. The number of fused-ring (bicyclic) bond motifs is 1. The van der Waals surface area contributed by atoms with E-state index in [2.05, 4.69) is 56.3 Å². The molecule has 0 amide bonds. The molecular weight excluding hydrogens is 228 g/mol. The van der Waals surface area contributed by atoms with Crippen LogP contribution in [0.25, 0.3) is 10.8 Å². The maximum atomic E-state index is 2.41. The SMILES string of the molecule is CC.CCC1CC1(CC)c1ccc2ccccc2c1. The van der Waals surface area contributed by atoms with Gasteiger partial charge in [0.1, 0.15) is 0 Å². The summed E-state index contributed by atoms with van der Waals surface area (Å²) in [4.78, 5) is 0. The van der Waals surface area contributed by atoms with E-state index in [4.69, 9.17) is 0 Å². The normalized spacial score (nSPS) is 24.7. The second-order valence-corrected chi connectivity index (χ2v) is 5.38. The summed E-state index contributed by atoms with van der Waals surface area (Å²) in [6.45, 7) is 8.66. The van der Waals surface area contributed by atoms with Crippen LogP contribution in [0.5, 0.6) is 0 Å². The van der Waals surface area contributed by atoms with Crippen LogP contribution in [0.2, 0.25) is 0 Å². The van der Waals surface area contributed by atoms with Gasteiger partial charge < -0.3 is 0 Å². The van der Waals surface area contributed by atoms with E-state index < -0.39 is 0 Å². The van der Waals surface area contributed by atoms with Crippen LogP contribution in [-0.4, -0.2) is 0 Å². The molecule has 0 aromatic heterocycles. The molecule has 0 spiro atoms. The second-order valence-electron chi connectivity index (χ2n) is 5.38. The van der Waals surface area contributed by atoms with Gasteiger partial charge in [-0.15, -0.1) is 0 Å². The summed E-state index contributed by atoms with van der Waals surface area (Å²) in [5.74, 6) is 0.911. The van der Waals surface area contributed by atoms with Crippen LogP contribution in [0.15, 0.2) is 42.5 Å². The molecule has 0 bridgehead atoms. The van der Waals surface area contributed by atoms with E-state index in [0.29, 0.717) is 5.41 Å². The first kappa shape index (κ1) is 14.1. The Balaban J connectivity index is 0.000000637. The van der Waals surface area contributed by atoms with E-state index >= 15 is 0 Å². The molecule has 0 nitrogen and oxygen atoms in total. The third kappa shape index (κ3) is 2.41. The van der Waals surface area contributed by atoms with E-state index in [0.717, 1.165) is 5.92 Å². The minimum Gasteiger partial charge on any atom is -0.0683 e. The lowest BCUT2D eigenvalue weighted by Crippen LogP contribution is -2.08. The fraction of sp³-hybridized carbons (Fsp3) is 0.474. The van der Waals surface area contributed by atoms with Gasteiger partial charge in [-0.3, -0.25) is 0 Å². The zero-order chi connectivity index (χ0) is 13.9. The maximum absolute atomic E-state index is 2.41. The zero-order valence-electron chi connectivity index (χ0n) is 12.7. The van der Waals surface area contributed by atoms with E-state index in [1.165, 1.54) is 30.0 Å². The highest BCUT2D eigenvalue weighted by Gasteiger charge is 2.52. The topological polar surface area (TPSA) is 0 Å². The van der Waals surface area contributed by atoms with Gasteiger partial charge >= 0.3 is 0 Å². The van der Waals surface area contributed by atoms with Crippen LogP contribution < -0.4 is 0 Å². The number of hydrogen-bond donors (Lipinski definition) is 0. The van der Waals surface area contributed by atoms with Gasteiger partial charge in [0.25, 0.3) is 0 Å². The average molecular weight is 254 g/mol. The van der Waals surface area contributed by atoms with Gasteiger partial charge in [0, 0.05) is 0 Å². The smallest absolute Gasteiger partial charge is 0.00180 e. The first-order valence-corrected chi connectivity index (χ1v) is 7.79. The minimum atomic E-state index is 0.499. The third-order valence-electron chi connectivity index (χ3n) is 4.68. The summed E-state index contributed by atoms with van der Waals surface area (Å²) in [5, 5.41) is 2.75. The Kier molecular flexibility index (Phi) is 4.29. The van der Waals surface area contributed by atoms with Crippen molar-refractivity contribution in [3.63, 3.8) is 0 Å². The van der Waals surface area contributed by atoms with Gasteiger partial charge in [-0.05, 0) is 40.5 Å². The Hall–Kier alpha value is -1.30. The minimum absolute atomic E-state index is 0.499. The van der Waals surface area contributed by atoms with Crippen LogP contribution in [0.1, 0.15) is 52.5 Å². The Morgan fingerprint density at radius 2 is 1.68 bits per heavy atom. The molecule has 0 saturated heterocycles. The van der Waals surface area contributed by atoms with Crippen LogP contribution >= 0.6 is 0 Å². The van der Waals surface area contributed by atoms with Crippen molar-refractivity contribution in [2.75, 3.05) is 0 Å². The molecule has 102 valence electrons. The standard InChI is InChI=1S/C17H20.C2H6/c1-3-15-12-17(15,4-2)16-10-9-13-7-5-6-8-14(13)11-16;1-2/h5-11,15H,3-4,12H2,1-2H3;1-2H3. The lowest BCUT2D eigenvalue weighted by molar-refractivity contribution is 0.572. The van der Waals surface area contributed by atoms with Gasteiger partial charge in [-0.1, -0.05) is 76.6 Å². The molecule has 1 saturated carbocycles. The fourth-order valence-electron chi connectivity index (χ4n) is 3.41. The van der Waals surface area contributed by atoms with E-state index in [1.807, 2.05) is 13.8 Å². The van der Waals surface area contributed by atoms with Crippen molar-refractivity contribution >= 4 is 10.8 Å². The van der Waals surface area contributed by atoms with Gasteiger partial charge in [0.15, 0.2) is 0 Å². The molecule has 2 aromatic carbocycles. The van der Waals surface area contributed by atoms with Crippen LogP contribution in [0, 0.1) is 5.92 Å². The molecule has 3 rings (SSSR count). The number of rotatable bonds is 3. The predicted octanol–water partition coefficient (Wildman–Crippen LogP) is 5.94. The lowest BCUT2D eigenvalue weighted by atomic mass is 9.88. The highest BCUT2D eigenvalue weighted by Crippen LogP contribution is 2.58. The molecule has 1 aliphatic carbocycles. The second kappa shape index (κ2) is 5.77. The molecule has 2 unspecified atom stereocenters. The first-order chi connectivity index (χ1) is 9.30. The summed E-state index contributed by atoms with van der Waals surface area (Å²) in [6, 6.07) is 15.7. The van der Waals surface area contributed by atoms with Crippen molar-refractivity contribution in [3.05, 3.63) is 48.0 Å². The van der Waals surface area contributed by atoms with Crippen molar-refractivity contribution in [2.45, 2.75) is 52.4 Å². The van der Waals surface area contributed by atoms with Gasteiger partial charge in [0.05, 0.1) is 0 Å². The highest BCUT2D eigenvalue weighted by molar-refractivity contribution is 5.83. The van der Waals surface area contributed by atoms with Crippen molar-refractivity contribution in [1.29, 1.82) is 0 Å². The first-order valence-electron chi connectivity index (χ1n) is 7.79. The molecule has 19 heavy (non-hydrogen) atoms. The van der Waals surface area contributed by atoms with Gasteiger partial charge in [0.2, 0.25) is 0 Å². The largest absolute Gasteiger partial charge is 0.0683 e. The van der Waals surface area contributed by atoms with Crippen molar-refractivity contribution in [2.24, 2.45) is 5.92 Å². The van der Waals surface area contributed by atoms with E-state index in [-0.39, 0.29) is 0 Å². The molecule has 2 aromatic rings. The van der Waals surface area contributed by atoms with Crippen molar-refractivity contribution in [1.82, 2.24) is 0 Å². The molecule has 1 aliphatic rings. The molecular formula is C19H26. The van der Waals surface area contributed by atoms with E-state index in [9.17, 15) is 0 Å². The zero-order valence-corrected chi connectivity index (χ0v) is 12.7. The summed E-state index contributed by atoms with van der Waals surface area (Å²) in [5.41, 5.74) is 2.06. The van der Waals surface area contributed by atoms with Crippen LogP contribution in [0.3, 0.4) is 0 Å². The van der Waals surface area contributed by atoms with Gasteiger partial charge in [-0.2, -0.15) is 0 Å². The van der Waals surface area contributed by atoms with Crippen LogP contribution in [0.4, 0.5) is 0 Å². The van der Waals surface area contributed by atoms with Gasteiger partial charge in [-0.25, -0.2) is 0 Å². The van der Waals surface area contributed by atoms with Crippen molar-refractivity contribution in [3.8, 4) is 0 Å². The number of benzene rings is 2. The summed E-state index contributed by atoms with van der Waals surface area (Å²) >= 11 is 0. The predicted molar refractivity (Wildman–Crippen MR) is 85.7 cm³/mol. The Morgan fingerprint density at radius 3 is 2.26 bits per heavy atom. The summed E-state index contributed by atoms with van der Waals surface area (Å²) < 4.78 is 0. The quantitative estimate of drug-likeness (QED) is 0.635. The third-order valence-corrected chi connectivity index (χ3v) is 4.68. The maximum Gasteiger partial charge on any atom is -0.00180 e. The van der Waals surface area contributed by atoms with Crippen molar-refractivity contribution < 1.29 is 0 Å².